The summed E-state index contributed by atoms with van der Waals surface area (Å²) in [7, 11) is -3.03. The average Bonchev–Trinajstić information content (AvgIpc) is 3.08. The van der Waals surface area contributed by atoms with Crippen molar-refractivity contribution in [1.29, 1.82) is 0 Å². The van der Waals surface area contributed by atoms with Crippen LogP contribution in [-0.4, -0.2) is 46.8 Å². The second-order valence-electron chi connectivity index (χ2n) is 11.2. The molecule has 0 spiro atoms. The molecule has 1 aliphatic carbocycles. The first-order chi connectivity index (χ1) is 16.3. The Morgan fingerprint density at radius 2 is 1.94 bits per heavy atom. The normalized spacial score (nSPS) is 21.2. The van der Waals surface area contributed by atoms with Gasteiger partial charge in [0.25, 0.3) is 0 Å². The van der Waals surface area contributed by atoms with Crippen LogP contribution in [-0.2, 0) is 9.84 Å². The third-order valence-corrected chi connectivity index (χ3v) is 9.19. The summed E-state index contributed by atoms with van der Waals surface area (Å²) in [6.07, 6.45) is 2.19. The van der Waals surface area contributed by atoms with Gasteiger partial charge in [0, 0.05) is 36.1 Å². The van der Waals surface area contributed by atoms with E-state index in [1.165, 1.54) is 6.92 Å². The van der Waals surface area contributed by atoms with Crippen LogP contribution in [0.4, 0.5) is 4.39 Å². The number of ether oxygens (including phenoxy) is 1. The van der Waals surface area contributed by atoms with Crippen LogP contribution in [0.15, 0.2) is 36.5 Å². The van der Waals surface area contributed by atoms with Gasteiger partial charge < -0.3 is 4.74 Å². The zero-order valence-electron chi connectivity index (χ0n) is 20.4. The highest BCUT2D eigenvalue weighted by atomic mass is 32.2. The molecule has 3 aromatic rings. The summed E-state index contributed by atoms with van der Waals surface area (Å²) in [6.45, 7) is 7.60. The number of aromatic nitrogens is 3. The quantitative estimate of drug-likeness (QED) is 0.417. The smallest absolute Gasteiger partial charge is 0.235 e. The van der Waals surface area contributed by atoms with Crippen molar-refractivity contribution in [1.82, 2.24) is 14.8 Å². The fourth-order valence-electron chi connectivity index (χ4n) is 5.55. The van der Waals surface area contributed by atoms with Gasteiger partial charge in [-0.2, -0.15) is 5.10 Å². The van der Waals surface area contributed by atoms with E-state index in [4.69, 9.17) is 9.84 Å². The van der Waals surface area contributed by atoms with E-state index in [1.54, 1.807) is 24.4 Å². The maximum absolute atomic E-state index is 13.4. The zero-order valence-corrected chi connectivity index (χ0v) is 21.2. The minimum absolute atomic E-state index is 0.0383. The Labute approximate surface area is 204 Å². The standard InChI is InChI=1S/C26H30FN3O4S/c1-16(27)34-20-7-5-6-17(8-20)23-24-21(30(29-23)19-10-25(2,3)11-19)9-18(13-28-24)22(31)12-26(4)14-35(32,33)15-26/h5-9,13,16,19H,10-12,14-15H2,1-4H3. The van der Waals surface area contributed by atoms with Crippen LogP contribution >= 0.6 is 0 Å². The van der Waals surface area contributed by atoms with E-state index in [1.807, 2.05) is 23.7 Å². The molecule has 186 valence electrons. The summed E-state index contributed by atoms with van der Waals surface area (Å²) in [5.74, 6) is 0.362. The number of rotatable bonds is 7. The number of Topliss-reactive ketones (excluding diaryl/α,β-unsaturated/α-hetero) is 1. The molecule has 0 bridgehead atoms. The van der Waals surface area contributed by atoms with Gasteiger partial charge in [-0.3, -0.25) is 14.5 Å². The average molecular weight is 500 g/mol. The van der Waals surface area contributed by atoms with Gasteiger partial charge in [-0.05, 0) is 36.5 Å². The fourth-order valence-corrected chi connectivity index (χ4v) is 7.79. The maximum Gasteiger partial charge on any atom is 0.235 e. The molecule has 1 aromatic carbocycles. The molecule has 3 heterocycles. The monoisotopic (exact) mass is 499 g/mol. The molecule has 2 aromatic heterocycles. The molecule has 1 aliphatic heterocycles. The van der Waals surface area contributed by atoms with Gasteiger partial charge >= 0.3 is 0 Å². The minimum Gasteiger partial charge on any atom is -0.461 e. The topological polar surface area (TPSA) is 91.2 Å². The van der Waals surface area contributed by atoms with Crippen molar-refractivity contribution in [3.63, 3.8) is 0 Å². The van der Waals surface area contributed by atoms with Crippen molar-refractivity contribution in [3.05, 3.63) is 42.1 Å². The molecule has 1 unspecified atom stereocenters. The number of sulfone groups is 1. The number of pyridine rings is 1. The largest absolute Gasteiger partial charge is 0.461 e. The summed E-state index contributed by atoms with van der Waals surface area (Å²) in [4.78, 5) is 17.7. The van der Waals surface area contributed by atoms with Crippen molar-refractivity contribution in [2.75, 3.05) is 11.5 Å². The molecule has 1 saturated heterocycles. The number of ketones is 1. The van der Waals surface area contributed by atoms with E-state index in [0.717, 1.165) is 23.9 Å². The van der Waals surface area contributed by atoms with E-state index in [-0.39, 0.29) is 35.2 Å². The third kappa shape index (κ3) is 4.70. The molecule has 1 saturated carbocycles. The summed E-state index contributed by atoms with van der Waals surface area (Å²) in [5.41, 5.74) is 2.98. The summed E-state index contributed by atoms with van der Waals surface area (Å²) < 4.78 is 43.9. The highest BCUT2D eigenvalue weighted by Crippen LogP contribution is 2.49. The molecule has 9 heteroatoms. The Morgan fingerprint density at radius 1 is 1.23 bits per heavy atom. The van der Waals surface area contributed by atoms with E-state index in [0.29, 0.717) is 22.5 Å². The zero-order chi connectivity index (χ0) is 25.2. The van der Waals surface area contributed by atoms with Crippen molar-refractivity contribution in [2.45, 2.75) is 59.4 Å². The lowest BCUT2D eigenvalue weighted by molar-refractivity contribution is 0.0860. The number of carbonyl (C=O) groups is 1. The van der Waals surface area contributed by atoms with E-state index >= 15 is 0 Å². The second-order valence-corrected chi connectivity index (χ2v) is 13.3. The molecule has 0 radical (unpaired) electrons. The molecule has 7 nitrogen and oxygen atoms in total. The van der Waals surface area contributed by atoms with Crippen LogP contribution in [0.1, 0.15) is 63.4 Å². The summed E-state index contributed by atoms with van der Waals surface area (Å²) in [5, 5.41) is 4.90. The third-order valence-electron chi connectivity index (χ3n) is 6.92. The van der Waals surface area contributed by atoms with Crippen molar-refractivity contribution in [3.8, 4) is 17.0 Å². The lowest BCUT2D eigenvalue weighted by Crippen LogP contribution is -2.47. The first kappa shape index (κ1) is 23.9. The van der Waals surface area contributed by atoms with Crippen LogP contribution < -0.4 is 4.74 Å². The predicted molar refractivity (Wildman–Crippen MR) is 132 cm³/mol. The molecule has 2 aliphatic rings. The Morgan fingerprint density at radius 3 is 2.57 bits per heavy atom. The number of hydrogen-bond acceptors (Lipinski definition) is 6. The van der Waals surface area contributed by atoms with Gasteiger partial charge in [0.15, 0.2) is 15.6 Å². The molecule has 5 rings (SSSR count). The van der Waals surface area contributed by atoms with E-state index in [9.17, 15) is 17.6 Å². The van der Waals surface area contributed by atoms with Crippen molar-refractivity contribution < 1.29 is 22.3 Å². The predicted octanol–water partition coefficient (Wildman–Crippen LogP) is 5.16. The lowest BCUT2D eigenvalue weighted by atomic mass is 9.68. The molecular weight excluding hydrogens is 469 g/mol. The number of alkyl halides is 1. The maximum atomic E-state index is 13.4. The number of benzene rings is 1. The van der Waals surface area contributed by atoms with Gasteiger partial charge in [-0.1, -0.05) is 32.9 Å². The van der Waals surface area contributed by atoms with Crippen LogP contribution in [0, 0.1) is 10.8 Å². The number of hydrogen-bond donors (Lipinski definition) is 0. The molecule has 2 fully saturated rings. The SMILES string of the molecule is CC(F)Oc1cccc(-c2nn(C3CC(C)(C)C3)c3cc(C(=O)CC4(C)CS(=O)(=O)C4)cnc23)c1. The second kappa shape index (κ2) is 8.11. The molecule has 0 amide bonds. The van der Waals surface area contributed by atoms with Gasteiger partial charge in [0.1, 0.15) is 17.0 Å². The Balaban J connectivity index is 1.53. The van der Waals surface area contributed by atoms with Crippen LogP contribution in [0.3, 0.4) is 0 Å². The summed E-state index contributed by atoms with van der Waals surface area (Å²) >= 11 is 0. The summed E-state index contributed by atoms with van der Waals surface area (Å²) in [6, 6.07) is 9.12. The van der Waals surface area contributed by atoms with Crippen LogP contribution in [0.2, 0.25) is 0 Å². The number of fused-ring (bicyclic) bond motifs is 1. The molecular formula is C26H30FN3O4S. The fraction of sp³-hybridized carbons (Fsp3) is 0.500. The molecule has 35 heavy (non-hydrogen) atoms. The minimum atomic E-state index is -3.03. The lowest BCUT2D eigenvalue weighted by Gasteiger charge is -2.42. The van der Waals surface area contributed by atoms with E-state index in [2.05, 4.69) is 18.8 Å². The van der Waals surface area contributed by atoms with Crippen molar-refractivity contribution >= 4 is 26.7 Å². The van der Waals surface area contributed by atoms with Gasteiger partial charge in [-0.15, -0.1) is 0 Å². The van der Waals surface area contributed by atoms with Crippen molar-refractivity contribution in [2.24, 2.45) is 10.8 Å². The Kier molecular flexibility index (Phi) is 5.54. The molecule has 0 N–H and O–H groups in total. The number of halogens is 1. The highest BCUT2D eigenvalue weighted by Gasteiger charge is 2.46. The Bertz CT molecular complexity index is 1410. The van der Waals surface area contributed by atoms with Crippen LogP contribution in [0.25, 0.3) is 22.3 Å². The van der Waals surface area contributed by atoms with Crippen LogP contribution in [0.5, 0.6) is 5.75 Å². The number of carbonyl (C=O) groups excluding carboxylic acids is 1. The molecule has 1 atom stereocenters. The first-order valence-corrected chi connectivity index (χ1v) is 13.7. The first-order valence-electron chi connectivity index (χ1n) is 11.9. The van der Waals surface area contributed by atoms with Gasteiger partial charge in [0.2, 0.25) is 6.36 Å². The highest BCUT2D eigenvalue weighted by molar-refractivity contribution is 7.92. The Hall–Kier alpha value is -2.81. The van der Waals surface area contributed by atoms with E-state index < -0.39 is 21.6 Å². The van der Waals surface area contributed by atoms with Gasteiger partial charge in [-0.25, -0.2) is 12.8 Å². The number of nitrogens with zero attached hydrogens (tertiary/aromatic N) is 3. The van der Waals surface area contributed by atoms with Gasteiger partial charge in [0.05, 0.1) is 23.1 Å².